The first-order chi connectivity index (χ1) is 28.7. The van der Waals surface area contributed by atoms with Gasteiger partial charge in [0, 0.05) is 56.4 Å². The van der Waals surface area contributed by atoms with Gasteiger partial charge in [-0.3, -0.25) is 0 Å². The van der Waals surface area contributed by atoms with E-state index in [1.807, 2.05) is 12.1 Å². The molecule has 0 radical (unpaired) electrons. The van der Waals surface area contributed by atoms with Gasteiger partial charge in [-0.1, -0.05) is 146 Å². The van der Waals surface area contributed by atoms with Crippen molar-refractivity contribution in [2.45, 2.75) is 0 Å². The van der Waals surface area contributed by atoms with Crippen LogP contribution < -0.4 is 19.3 Å². The molecule has 4 heteroatoms. The van der Waals surface area contributed by atoms with Gasteiger partial charge in [-0.2, -0.15) is 0 Å². The zero-order valence-electron chi connectivity index (χ0n) is 32.3. The molecule has 0 aliphatic heterocycles. The highest BCUT2D eigenvalue weighted by Gasteiger charge is 2.27. The van der Waals surface area contributed by atoms with Crippen LogP contribution in [0.3, 0.4) is 0 Å². The van der Waals surface area contributed by atoms with Crippen LogP contribution in [0.4, 0.5) is 34.1 Å². The first kappa shape index (κ1) is 34.9. The quantitative estimate of drug-likeness (QED) is 0.137. The second kappa shape index (κ2) is 14.8. The molecule has 10 aromatic carbocycles. The van der Waals surface area contributed by atoms with E-state index in [9.17, 15) is 0 Å². The van der Waals surface area contributed by atoms with Gasteiger partial charge in [-0.05, 0) is 81.2 Å². The monoisotopic (exact) mass is 748 g/mol. The average Bonchev–Trinajstić information content (AvgIpc) is 3.30. The molecule has 0 heterocycles. The number of methoxy groups -OCH3 is 2. The summed E-state index contributed by atoms with van der Waals surface area (Å²) in [5.41, 5.74) is 8.83. The van der Waals surface area contributed by atoms with Crippen molar-refractivity contribution in [1.29, 1.82) is 0 Å². The molecule has 0 aromatic heterocycles. The minimum absolute atomic E-state index is 0.806. The largest absolute Gasteiger partial charge is 0.497 e. The van der Waals surface area contributed by atoms with Gasteiger partial charge >= 0.3 is 0 Å². The Labute approximate surface area is 338 Å². The van der Waals surface area contributed by atoms with E-state index in [-0.39, 0.29) is 0 Å². The number of hydrogen-bond donors (Lipinski definition) is 0. The summed E-state index contributed by atoms with van der Waals surface area (Å²) in [6, 6.07) is 73.5. The van der Waals surface area contributed by atoms with E-state index in [1.54, 1.807) is 14.2 Å². The zero-order chi connectivity index (χ0) is 39.0. The Bertz CT molecular complexity index is 2780. The number of benzene rings is 10. The molecule has 278 valence electrons. The number of para-hydroxylation sites is 2. The summed E-state index contributed by atoms with van der Waals surface area (Å²) in [5.74, 6) is 1.61. The van der Waals surface area contributed by atoms with Gasteiger partial charge in [0.2, 0.25) is 0 Å². The Morgan fingerprint density at radius 1 is 0.276 bits per heavy atom. The van der Waals surface area contributed by atoms with Crippen LogP contribution in [0.15, 0.2) is 206 Å². The molecule has 0 aliphatic carbocycles. The van der Waals surface area contributed by atoms with Crippen LogP contribution in [0, 0.1) is 0 Å². The average molecular weight is 749 g/mol. The fourth-order valence-electron chi connectivity index (χ4n) is 8.70. The highest BCUT2D eigenvalue weighted by Crippen LogP contribution is 2.53. The number of hydrogen-bond acceptors (Lipinski definition) is 4. The predicted molar refractivity (Wildman–Crippen MR) is 244 cm³/mol. The van der Waals surface area contributed by atoms with Gasteiger partial charge < -0.3 is 19.3 Å². The van der Waals surface area contributed by atoms with Gasteiger partial charge in [-0.15, -0.1) is 0 Å². The van der Waals surface area contributed by atoms with Gasteiger partial charge in [0.1, 0.15) is 11.5 Å². The van der Waals surface area contributed by atoms with Crippen molar-refractivity contribution in [3.05, 3.63) is 206 Å². The molecule has 0 fully saturated rings. The molecular formula is C54H40N2O2. The van der Waals surface area contributed by atoms with Crippen molar-refractivity contribution >= 4 is 77.2 Å². The number of ether oxygens (including phenoxy) is 2. The predicted octanol–water partition coefficient (Wildman–Crippen LogP) is 14.9. The van der Waals surface area contributed by atoms with E-state index in [0.29, 0.717) is 0 Å². The minimum Gasteiger partial charge on any atom is -0.497 e. The van der Waals surface area contributed by atoms with E-state index in [1.165, 1.54) is 32.7 Å². The third kappa shape index (κ3) is 5.86. The molecule has 10 rings (SSSR count). The van der Waals surface area contributed by atoms with E-state index in [4.69, 9.17) is 9.47 Å². The topological polar surface area (TPSA) is 24.9 Å². The lowest BCUT2D eigenvalue weighted by Gasteiger charge is -2.31. The molecule has 0 spiro atoms. The van der Waals surface area contributed by atoms with Crippen LogP contribution in [0.5, 0.6) is 11.5 Å². The maximum atomic E-state index is 5.77. The number of fused-ring (bicyclic) bond motifs is 4. The van der Waals surface area contributed by atoms with Gasteiger partial charge in [0.15, 0.2) is 0 Å². The fourth-order valence-corrected chi connectivity index (χ4v) is 8.70. The third-order valence-corrected chi connectivity index (χ3v) is 11.2. The Kier molecular flexibility index (Phi) is 8.92. The second-order valence-corrected chi connectivity index (χ2v) is 14.4. The smallest absolute Gasteiger partial charge is 0.120 e. The summed E-state index contributed by atoms with van der Waals surface area (Å²) in [7, 11) is 3.45. The molecule has 0 saturated heterocycles. The standard InChI is InChI=1S/C54H40N2O2/c1-57-41-25-17-23-39(35-41)55(37-19-5-3-6-20-37)53-47-31-13-9-27-43(47)51(44-28-10-14-32-48(44)53)52-45-29-11-15-33-49(45)54(50-34-16-12-30-46(50)52)56(38-21-7-4-8-22-38)40-24-18-26-42(36-40)58-2/h3-36H,1-2H3. The van der Waals surface area contributed by atoms with Crippen molar-refractivity contribution in [3.63, 3.8) is 0 Å². The van der Waals surface area contributed by atoms with E-state index in [0.717, 1.165) is 67.2 Å². The maximum absolute atomic E-state index is 5.77. The fraction of sp³-hybridized carbons (Fsp3) is 0.0370. The zero-order valence-corrected chi connectivity index (χ0v) is 32.3. The van der Waals surface area contributed by atoms with Crippen LogP contribution in [-0.4, -0.2) is 14.2 Å². The van der Waals surface area contributed by atoms with Crippen molar-refractivity contribution in [1.82, 2.24) is 0 Å². The number of rotatable bonds is 9. The van der Waals surface area contributed by atoms with Crippen LogP contribution >= 0.6 is 0 Å². The highest BCUT2D eigenvalue weighted by atomic mass is 16.5. The Hall–Kier alpha value is -7.56. The Morgan fingerprint density at radius 2 is 0.552 bits per heavy atom. The molecule has 0 unspecified atom stereocenters. The lowest BCUT2D eigenvalue weighted by Crippen LogP contribution is -2.12. The summed E-state index contributed by atoms with van der Waals surface area (Å²) in [5, 5.41) is 9.33. The highest BCUT2D eigenvalue weighted by molar-refractivity contribution is 6.30. The molecule has 0 saturated carbocycles. The minimum atomic E-state index is 0.806. The lowest BCUT2D eigenvalue weighted by atomic mass is 9.84. The molecule has 10 aromatic rings. The van der Waals surface area contributed by atoms with Crippen molar-refractivity contribution in [3.8, 4) is 22.6 Å². The van der Waals surface area contributed by atoms with Crippen LogP contribution in [0.25, 0.3) is 54.2 Å². The summed E-state index contributed by atoms with van der Waals surface area (Å²) in [4.78, 5) is 4.75. The molecule has 0 amide bonds. The normalized spacial score (nSPS) is 11.3. The molecule has 0 aliphatic rings. The van der Waals surface area contributed by atoms with Gasteiger partial charge in [0.05, 0.1) is 25.6 Å². The Morgan fingerprint density at radius 3 is 0.862 bits per heavy atom. The van der Waals surface area contributed by atoms with Crippen molar-refractivity contribution in [2.24, 2.45) is 0 Å². The maximum Gasteiger partial charge on any atom is 0.120 e. The lowest BCUT2D eigenvalue weighted by molar-refractivity contribution is 0.415. The first-order valence-electron chi connectivity index (χ1n) is 19.6. The summed E-state index contributed by atoms with van der Waals surface area (Å²) in [6.45, 7) is 0. The third-order valence-electron chi connectivity index (χ3n) is 11.2. The van der Waals surface area contributed by atoms with Crippen molar-refractivity contribution < 1.29 is 9.47 Å². The van der Waals surface area contributed by atoms with Gasteiger partial charge in [0.25, 0.3) is 0 Å². The summed E-state index contributed by atoms with van der Waals surface area (Å²) in [6.07, 6.45) is 0. The molecule has 58 heavy (non-hydrogen) atoms. The number of anilines is 6. The second-order valence-electron chi connectivity index (χ2n) is 14.4. The number of nitrogens with zero attached hydrogens (tertiary/aromatic N) is 2. The molecular weight excluding hydrogens is 709 g/mol. The van der Waals surface area contributed by atoms with Gasteiger partial charge in [-0.25, -0.2) is 0 Å². The van der Waals surface area contributed by atoms with Crippen LogP contribution in [0.2, 0.25) is 0 Å². The van der Waals surface area contributed by atoms with Crippen LogP contribution in [-0.2, 0) is 0 Å². The summed E-state index contributed by atoms with van der Waals surface area (Å²) >= 11 is 0. The molecule has 0 bridgehead atoms. The first-order valence-corrected chi connectivity index (χ1v) is 19.6. The Balaban J connectivity index is 1.34. The van der Waals surface area contributed by atoms with E-state index in [2.05, 4.69) is 204 Å². The summed E-state index contributed by atoms with van der Waals surface area (Å²) < 4.78 is 11.5. The van der Waals surface area contributed by atoms with Crippen molar-refractivity contribution in [2.75, 3.05) is 24.0 Å². The van der Waals surface area contributed by atoms with E-state index >= 15 is 0 Å². The molecule has 0 N–H and O–H groups in total. The van der Waals surface area contributed by atoms with Crippen LogP contribution in [0.1, 0.15) is 0 Å². The SMILES string of the molecule is COc1cccc(N(c2ccccc2)c2c3ccccc3c(-c3c4ccccc4c(N(c4ccccc4)c4cccc(OC)c4)c4ccccc34)c3ccccc23)c1. The molecule has 0 atom stereocenters. The molecule has 4 nitrogen and oxygen atoms in total. The van der Waals surface area contributed by atoms with E-state index < -0.39 is 0 Å².